The van der Waals surface area contributed by atoms with E-state index in [0.29, 0.717) is 12.1 Å². The molecule has 0 fully saturated rings. The Morgan fingerprint density at radius 2 is 1.56 bits per heavy atom. The lowest BCUT2D eigenvalue weighted by atomic mass is 10.1. The highest BCUT2D eigenvalue weighted by Gasteiger charge is 2.35. The van der Waals surface area contributed by atoms with Crippen LogP contribution in [-0.4, -0.2) is 41.7 Å². The number of hydrogen-bond donors (Lipinski definition) is 1. The maximum absolute atomic E-state index is 12.8. The molecule has 3 aromatic rings. The third-order valence-corrected chi connectivity index (χ3v) is 5.65. The molecular weight excluding hydrogens is 432 g/mol. The van der Waals surface area contributed by atoms with Crippen LogP contribution in [0.25, 0.3) is 0 Å². The second kappa shape index (κ2) is 10.1. The number of nitrogens with one attached hydrogen (secondary N) is 1. The normalized spacial score (nSPS) is 12.4. The highest BCUT2D eigenvalue weighted by atomic mass is 16.5. The van der Waals surface area contributed by atoms with Crippen molar-refractivity contribution in [2.24, 2.45) is 0 Å². The maximum atomic E-state index is 12.8. The number of nitrogens with zero attached hydrogens (tertiary/aromatic N) is 1. The minimum absolute atomic E-state index is 0.102. The minimum atomic E-state index is -0.748. The number of imide groups is 1. The molecule has 7 nitrogen and oxygen atoms in total. The molecule has 4 rings (SSSR count). The van der Waals surface area contributed by atoms with E-state index in [1.165, 1.54) is 23.1 Å². The molecule has 0 radical (unpaired) electrons. The van der Waals surface area contributed by atoms with E-state index >= 15 is 0 Å². The highest BCUT2D eigenvalue weighted by molar-refractivity contribution is 6.22. The minimum Gasteiger partial charge on any atom is -0.452 e. The molecule has 3 amide bonds. The van der Waals surface area contributed by atoms with Crippen LogP contribution in [0.5, 0.6) is 0 Å². The first-order chi connectivity index (χ1) is 16.5. The zero-order chi connectivity index (χ0) is 24.1. The number of hydrogen-bond acceptors (Lipinski definition) is 5. The topological polar surface area (TPSA) is 92.8 Å². The lowest BCUT2D eigenvalue weighted by Gasteiger charge is -2.13. The molecule has 172 valence electrons. The van der Waals surface area contributed by atoms with Crippen LogP contribution in [-0.2, 0) is 22.4 Å². The lowest BCUT2D eigenvalue weighted by molar-refractivity contribution is -0.119. The van der Waals surface area contributed by atoms with Crippen molar-refractivity contribution >= 4 is 29.4 Å². The van der Waals surface area contributed by atoms with Gasteiger partial charge >= 0.3 is 5.97 Å². The number of rotatable bonds is 8. The van der Waals surface area contributed by atoms with Gasteiger partial charge in [-0.2, -0.15) is 0 Å². The van der Waals surface area contributed by atoms with E-state index in [9.17, 15) is 19.2 Å². The van der Waals surface area contributed by atoms with Crippen LogP contribution in [0.15, 0.2) is 72.8 Å². The van der Waals surface area contributed by atoms with Gasteiger partial charge in [-0.3, -0.25) is 19.3 Å². The van der Waals surface area contributed by atoms with E-state index in [1.54, 1.807) is 12.1 Å². The lowest BCUT2D eigenvalue weighted by Crippen LogP contribution is -2.31. The standard InChI is InChI=1S/C27H24N2O5/c1-2-18-8-11-21(12-9-18)28-24(30)17-34-27(33)20-10-13-22-23(16-20)26(32)29(25(22)31)15-14-19-6-4-3-5-7-19/h3-13,16H,2,14-15,17H2,1H3,(H,28,30). The maximum Gasteiger partial charge on any atom is 0.338 e. The first-order valence-electron chi connectivity index (χ1n) is 11.1. The van der Waals surface area contributed by atoms with Crippen molar-refractivity contribution in [2.45, 2.75) is 19.8 Å². The first-order valence-corrected chi connectivity index (χ1v) is 11.1. The number of aryl methyl sites for hydroxylation is 1. The molecule has 1 N–H and O–H groups in total. The SMILES string of the molecule is CCc1ccc(NC(=O)COC(=O)c2ccc3c(c2)C(=O)N(CCc2ccccc2)C3=O)cc1. The Morgan fingerprint density at radius 3 is 2.26 bits per heavy atom. The average molecular weight is 456 g/mol. The van der Waals surface area contributed by atoms with Crippen molar-refractivity contribution in [3.05, 3.63) is 101 Å². The predicted octanol–water partition coefficient (Wildman–Crippen LogP) is 3.88. The summed E-state index contributed by atoms with van der Waals surface area (Å²) in [7, 11) is 0. The summed E-state index contributed by atoms with van der Waals surface area (Å²) in [5.41, 5.74) is 3.28. The monoisotopic (exact) mass is 456 g/mol. The van der Waals surface area contributed by atoms with Crippen molar-refractivity contribution in [3.8, 4) is 0 Å². The summed E-state index contributed by atoms with van der Waals surface area (Å²) in [5.74, 6) is -2.05. The zero-order valence-electron chi connectivity index (χ0n) is 18.7. The van der Waals surface area contributed by atoms with E-state index in [1.807, 2.05) is 49.4 Å². The fourth-order valence-electron chi connectivity index (χ4n) is 3.74. The molecule has 0 saturated carbocycles. The molecular formula is C27H24N2O5. The Balaban J connectivity index is 1.35. The van der Waals surface area contributed by atoms with Gasteiger partial charge in [0.25, 0.3) is 17.7 Å². The third kappa shape index (κ3) is 5.04. The molecule has 0 saturated heterocycles. The van der Waals surface area contributed by atoms with Crippen LogP contribution in [0.4, 0.5) is 5.69 Å². The number of benzene rings is 3. The molecule has 0 aliphatic carbocycles. The van der Waals surface area contributed by atoms with Gasteiger partial charge in [0.2, 0.25) is 0 Å². The van der Waals surface area contributed by atoms with Crippen molar-refractivity contribution in [1.82, 2.24) is 4.90 Å². The fourth-order valence-corrected chi connectivity index (χ4v) is 3.74. The van der Waals surface area contributed by atoms with E-state index in [2.05, 4.69) is 5.32 Å². The van der Waals surface area contributed by atoms with E-state index in [4.69, 9.17) is 4.74 Å². The van der Waals surface area contributed by atoms with Gasteiger partial charge in [-0.05, 0) is 54.3 Å². The van der Waals surface area contributed by atoms with Gasteiger partial charge in [0.05, 0.1) is 16.7 Å². The Kier molecular flexibility index (Phi) is 6.82. The Morgan fingerprint density at radius 1 is 0.853 bits per heavy atom. The molecule has 1 aliphatic heterocycles. The van der Waals surface area contributed by atoms with E-state index in [-0.39, 0.29) is 29.1 Å². The van der Waals surface area contributed by atoms with Crippen molar-refractivity contribution < 1.29 is 23.9 Å². The van der Waals surface area contributed by atoms with Gasteiger partial charge in [-0.15, -0.1) is 0 Å². The number of ether oxygens (including phenoxy) is 1. The summed E-state index contributed by atoms with van der Waals surface area (Å²) < 4.78 is 5.10. The first kappa shape index (κ1) is 22.9. The number of fused-ring (bicyclic) bond motifs is 1. The average Bonchev–Trinajstić information content (AvgIpc) is 3.11. The van der Waals surface area contributed by atoms with Crippen LogP contribution in [0, 0.1) is 0 Å². The largest absolute Gasteiger partial charge is 0.452 e. The number of anilines is 1. The molecule has 1 heterocycles. The van der Waals surface area contributed by atoms with E-state index in [0.717, 1.165) is 17.5 Å². The Labute approximate surface area is 197 Å². The van der Waals surface area contributed by atoms with Crippen LogP contribution >= 0.6 is 0 Å². The van der Waals surface area contributed by atoms with Crippen molar-refractivity contribution in [3.63, 3.8) is 0 Å². The predicted molar refractivity (Wildman–Crippen MR) is 127 cm³/mol. The number of esters is 1. The summed E-state index contributed by atoms with van der Waals surface area (Å²) in [6.07, 6.45) is 1.43. The van der Waals surface area contributed by atoms with Gasteiger partial charge in [-0.25, -0.2) is 4.79 Å². The molecule has 0 atom stereocenters. The molecule has 34 heavy (non-hydrogen) atoms. The quantitative estimate of drug-likeness (QED) is 0.410. The van der Waals surface area contributed by atoms with Crippen molar-refractivity contribution in [1.29, 1.82) is 0 Å². The number of amides is 3. The zero-order valence-corrected chi connectivity index (χ0v) is 18.7. The molecule has 0 unspecified atom stereocenters. The molecule has 0 aromatic heterocycles. The van der Waals surface area contributed by atoms with Crippen LogP contribution in [0.3, 0.4) is 0 Å². The highest BCUT2D eigenvalue weighted by Crippen LogP contribution is 2.24. The van der Waals surface area contributed by atoms with Crippen LogP contribution < -0.4 is 5.32 Å². The van der Waals surface area contributed by atoms with Crippen LogP contribution in [0.1, 0.15) is 49.1 Å². The summed E-state index contributed by atoms with van der Waals surface area (Å²) >= 11 is 0. The second-order valence-electron chi connectivity index (χ2n) is 7.93. The Bertz CT molecular complexity index is 1240. The Hall–Kier alpha value is -4.26. The van der Waals surface area contributed by atoms with Gasteiger partial charge in [0.15, 0.2) is 6.61 Å². The molecule has 7 heteroatoms. The fraction of sp³-hybridized carbons (Fsp3) is 0.185. The summed E-state index contributed by atoms with van der Waals surface area (Å²) in [4.78, 5) is 51.2. The third-order valence-electron chi connectivity index (χ3n) is 5.65. The molecule has 1 aliphatic rings. The van der Waals surface area contributed by atoms with Gasteiger partial charge < -0.3 is 10.1 Å². The smallest absolute Gasteiger partial charge is 0.338 e. The number of carbonyl (C=O) groups excluding carboxylic acids is 4. The van der Waals surface area contributed by atoms with Crippen molar-refractivity contribution in [2.75, 3.05) is 18.5 Å². The molecule has 0 spiro atoms. The van der Waals surface area contributed by atoms with Crippen LogP contribution in [0.2, 0.25) is 0 Å². The number of carbonyl (C=O) groups is 4. The summed E-state index contributed by atoms with van der Waals surface area (Å²) in [6, 6.07) is 21.2. The second-order valence-corrected chi connectivity index (χ2v) is 7.93. The summed E-state index contributed by atoms with van der Waals surface area (Å²) in [5, 5.41) is 2.67. The molecule has 3 aromatic carbocycles. The summed E-state index contributed by atoms with van der Waals surface area (Å²) in [6.45, 7) is 1.81. The molecule has 0 bridgehead atoms. The van der Waals surface area contributed by atoms with Gasteiger partial charge in [0.1, 0.15) is 0 Å². The van der Waals surface area contributed by atoms with Gasteiger partial charge in [-0.1, -0.05) is 49.4 Å². The van der Waals surface area contributed by atoms with E-state index < -0.39 is 24.4 Å². The van der Waals surface area contributed by atoms with Gasteiger partial charge in [0, 0.05) is 12.2 Å².